The number of carbonyl (C=O) groups is 2. The van der Waals surface area contributed by atoms with Gasteiger partial charge < -0.3 is 15.5 Å². The van der Waals surface area contributed by atoms with Gasteiger partial charge in [0.1, 0.15) is 0 Å². The van der Waals surface area contributed by atoms with E-state index in [1.54, 1.807) is 17.8 Å². The number of amides is 2. The molecule has 1 heterocycles. The fourth-order valence-corrected chi connectivity index (χ4v) is 3.34. The number of thioether (sulfide) groups is 1. The van der Waals surface area contributed by atoms with Gasteiger partial charge >= 0.3 is 11.8 Å². The first-order chi connectivity index (χ1) is 11.6. The van der Waals surface area contributed by atoms with Gasteiger partial charge in [-0.1, -0.05) is 19.4 Å². The molecule has 0 aromatic heterocycles. The van der Waals surface area contributed by atoms with Gasteiger partial charge in [-0.2, -0.15) is 0 Å². The highest BCUT2D eigenvalue weighted by Crippen LogP contribution is 2.18. The highest BCUT2D eigenvalue weighted by Gasteiger charge is 2.17. The Morgan fingerprint density at radius 2 is 1.96 bits per heavy atom. The van der Waals surface area contributed by atoms with Crippen molar-refractivity contribution in [3.05, 3.63) is 24.3 Å². The normalized spacial score (nSPS) is 16.4. The van der Waals surface area contributed by atoms with Crippen LogP contribution in [-0.4, -0.2) is 49.1 Å². The lowest BCUT2D eigenvalue weighted by atomic mass is 10.1. The van der Waals surface area contributed by atoms with Crippen molar-refractivity contribution < 1.29 is 9.59 Å². The second-order valence-electron chi connectivity index (χ2n) is 6.36. The van der Waals surface area contributed by atoms with Crippen LogP contribution in [0.3, 0.4) is 0 Å². The minimum atomic E-state index is -0.613. The Labute approximate surface area is 148 Å². The summed E-state index contributed by atoms with van der Waals surface area (Å²) in [6.45, 7) is 5.88. The summed E-state index contributed by atoms with van der Waals surface area (Å²) in [5.41, 5.74) is 0.642. The third-order valence-corrected chi connectivity index (χ3v) is 4.89. The molecule has 0 radical (unpaired) electrons. The Morgan fingerprint density at radius 1 is 1.21 bits per heavy atom. The van der Waals surface area contributed by atoms with Crippen LogP contribution >= 0.6 is 11.8 Å². The first-order valence-corrected chi connectivity index (χ1v) is 9.76. The van der Waals surface area contributed by atoms with E-state index in [9.17, 15) is 9.59 Å². The number of hydrogen-bond acceptors (Lipinski definition) is 4. The van der Waals surface area contributed by atoms with Gasteiger partial charge in [0, 0.05) is 23.7 Å². The van der Waals surface area contributed by atoms with E-state index in [1.165, 1.54) is 19.3 Å². The smallest absolute Gasteiger partial charge is 0.313 e. The molecule has 1 atom stereocenters. The van der Waals surface area contributed by atoms with Gasteiger partial charge in [-0.25, -0.2) is 0 Å². The van der Waals surface area contributed by atoms with Crippen molar-refractivity contribution in [2.45, 2.75) is 31.1 Å². The molecule has 132 valence electrons. The summed E-state index contributed by atoms with van der Waals surface area (Å²) in [5, 5.41) is 5.38. The van der Waals surface area contributed by atoms with E-state index in [4.69, 9.17) is 0 Å². The number of rotatable bonds is 6. The van der Waals surface area contributed by atoms with Gasteiger partial charge in [0.15, 0.2) is 0 Å². The SMILES string of the molecule is CSc1cccc(NC(=O)C(=O)NCC(C)CN2CCCCC2)c1. The average Bonchev–Trinajstić information content (AvgIpc) is 2.60. The van der Waals surface area contributed by atoms with Gasteiger partial charge in [0.25, 0.3) is 0 Å². The first kappa shape index (κ1) is 18.8. The molecule has 2 N–H and O–H groups in total. The third kappa shape index (κ3) is 6.17. The van der Waals surface area contributed by atoms with Crippen LogP contribution in [0.1, 0.15) is 26.2 Å². The molecule has 1 saturated heterocycles. The molecule has 0 bridgehead atoms. The van der Waals surface area contributed by atoms with Crippen LogP contribution in [0.25, 0.3) is 0 Å². The first-order valence-electron chi connectivity index (χ1n) is 8.54. The highest BCUT2D eigenvalue weighted by molar-refractivity contribution is 7.98. The van der Waals surface area contributed by atoms with Crippen LogP contribution in [0.4, 0.5) is 5.69 Å². The monoisotopic (exact) mass is 349 g/mol. The number of hydrogen-bond donors (Lipinski definition) is 2. The second kappa shape index (κ2) is 9.69. The van der Waals surface area contributed by atoms with E-state index in [0.717, 1.165) is 24.5 Å². The Hall–Kier alpha value is -1.53. The molecule has 1 aliphatic heterocycles. The van der Waals surface area contributed by atoms with E-state index in [2.05, 4.69) is 22.5 Å². The van der Waals surface area contributed by atoms with Crippen molar-refractivity contribution in [2.75, 3.05) is 37.8 Å². The molecule has 0 aliphatic carbocycles. The van der Waals surface area contributed by atoms with Crippen molar-refractivity contribution in [3.63, 3.8) is 0 Å². The van der Waals surface area contributed by atoms with E-state index in [1.807, 2.05) is 24.5 Å². The van der Waals surface area contributed by atoms with Crippen LogP contribution in [0.15, 0.2) is 29.2 Å². The van der Waals surface area contributed by atoms with E-state index in [-0.39, 0.29) is 0 Å². The number of nitrogens with one attached hydrogen (secondary N) is 2. The molecule has 24 heavy (non-hydrogen) atoms. The Balaban J connectivity index is 1.73. The molecule has 0 spiro atoms. The summed E-state index contributed by atoms with van der Waals surface area (Å²) >= 11 is 1.59. The van der Waals surface area contributed by atoms with Gasteiger partial charge in [0.2, 0.25) is 0 Å². The fraction of sp³-hybridized carbons (Fsp3) is 0.556. The van der Waals surface area contributed by atoms with Crippen molar-refractivity contribution in [3.8, 4) is 0 Å². The lowest BCUT2D eigenvalue weighted by molar-refractivity contribution is -0.136. The summed E-state index contributed by atoms with van der Waals surface area (Å²) in [6.07, 6.45) is 5.81. The number of piperidine rings is 1. The largest absolute Gasteiger partial charge is 0.348 e. The summed E-state index contributed by atoms with van der Waals surface area (Å²) in [4.78, 5) is 27.4. The number of nitrogens with zero attached hydrogens (tertiary/aromatic N) is 1. The standard InChI is InChI=1S/C18H27N3O2S/c1-14(13-21-9-4-3-5-10-21)12-19-17(22)18(23)20-15-7-6-8-16(11-15)24-2/h6-8,11,14H,3-5,9-10,12-13H2,1-2H3,(H,19,22)(H,20,23). The minimum Gasteiger partial charge on any atom is -0.348 e. The van der Waals surface area contributed by atoms with Crippen LogP contribution < -0.4 is 10.6 Å². The van der Waals surface area contributed by atoms with Crippen LogP contribution in [0, 0.1) is 5.92 Å². The van der Waals surface area contributed by atoms with E-state index >= 15 is 0 Å². The maximum absolute atomic E-state index is 12.0. The zero-order valence-corrected chi connectivity index (χ0v) is 15.3. The number of benzene rings is 1. The van der Waals surface area contributed by atoms with E-state index < -0.39 is 11.8 Å². The van der Waals surface area contributed by atoms with Gasteiger partial charge in [-0.05, 0) is 56.3 Å². The topological polar surface area (TPSA) is 61.4 Å². The molecular formula is C18H27N3O2S. The predicted octanol–water partition coefficient (Wildman–Crippen LogP) is 2.59. The van der Waals surface area contributed by atoms with Crippen molar-refractivity contribution in [1.29, 1.82) is 0 Å². The summed E-state index contributed by atoms with van der Waals surface area (Å²) in [5.74, 6) is -0.854. The lowest BCUT2D eigenvalue weighted by Gasteiger charge is -2.29. The molecule has 5 nitrogen and oxygen atoms in total. The summed E-state index contributed by atoms with van der Waals surface area (Å²) in [6, 6.07) is 7.46. The van der Waals surface area contributed by atoms with Crippen molar-refractivity contribution >= 4 is 29.3 Å². The quantitative estimate of drug-likeness (QED) is 0.612. The predicted molar refractivity (Wildman–Crippen MR) is 99.3 cm³/mol. The van der Waals surface area contributed by atoms with Gasteiger partial charge in [0.05, 0.1) is 0 Å². The van der Waals surface area contributed by atoms with Crippen LogP contribution in [0.5, 0.6) is 0 Å². The zero-order valence-electron chi connectivity index (χ0n) is 14.5. The Bertz CT molecular complexity index is 559. The third-order valence-electron chi connectivity index (χ3n) is 4.16. The summed E-state index contributed by atoms with van der Waals surface area (Å²) < 4.78 is 0. The van der Waals surface area contributed by atoms with Crippen LogP contribution in [0.2, 0.25) is 0 Å². The number of anilines is 1. The molecule has 1 fully saturated rings. The molecule has 1 aliphatic rings. The van der Waals surface area contributed by atoms with Gasteiger partial charge in [-0.15, -0.1) is 11.8 Å². The number of likely N-dealkylation sites (tertiary alicyclic amines) is 1. The van der Waals surface area contributed by atoms with Crippen LogP contribution in [-0.2, 0) is 9.59 Å². The second-order valence-corrected chi connectivity index (χ2v) is 7.24. The molecule has 1 aromatic rings. The Morgan fingerprint density at radius 3 is 2.67 bits per heavy atom. The van der Waals surface area contributed by atoms with Gasteiger partial charge in [-0.3, -0.25) is 9.59 Å². The minimum absolute atomic E-state index is 0.333. The zero-order chi connectivity index (χ0) is 17.4. The Kier molecular flexibility index (Phi) is 7.59. The molecule has 1 aromatic carbocycles. The molecular weight excluding hydrogens is 322 g/mol. The van der Waals surface area contributed by atoms with E-state index in [0.29, 0.717) is 18.2 Å². The molecule has 1 unspecified atom stereocenters. The number of carbonyl (C=O) groups excluding carboxylic acids is 2. The fourth-order valence-electron chi connectivity index (χ4n) is 2.88. The lowest BCUT2D eigenvalue weighted by Crippen LogP contribution is -2.41. The maximum atomic E-state index is 12.0. The molecule has 0 saturated carbocycles. The van der Waals surface area contributed by atoms with Crippen molar-refractivity contribution in [2.24, 2.45) is 5.92 Å². The molecule has 2 amide bonds. The molecule has 6 heteroatoms. The van der Waals surface area contributed by atoms with Crippen molar-refractivity contribution in [1.82, 2.24) is 10.2 Å². The maximum Gasteiger partial charge on any atom is 0.313 e. The highest BCUT2D eigenvalue weighted by atomic mass is 32.2. The molecule has 2 rings (SSSR count). The average molecular weight is 350 g/mol. The summed E-state index contributed by atoms with van der Waals surface area (Å²) in [7, 11) is 0.